The number of hydrogen-bond acceptors (Lipinski definition) is 5. The molecule has 1 atom stereocenters. The summed E-state index contributed by atoms with van der Waals surface area (Å²) in [7, 11) is -3.99. The van der Waals surface area contributed by atoms with Crippen LogP contribution < -0.4 is 14.5 Å². The number of nitrogens with one attached hydrogen (secondary N) is 1. The van der Waals surface area contributed by atoms with Crippen LogP contribution in [0.15, 0.2) is 71.6 Å². The molecule has 0 aliphatic carbocycles. The Morgan fingerprint density at radius 2 is 1.79 bits per heavy atom. The van der Waals surface area contributed by atoms with E-state index in [1.165, 1.54) is 11.6 Å². The second-order valence-electron chi connectivity index (χ2n) is 8.42. The van der Waals surface area contributed by atoms with Crippen molar-refractivity contribution in [1.29, 1.82) is 0 Å². The number of piperazine rings is 1. The molecule has 0 spiro atoms. The molecular weight excluding hydrogens is 457 g/mol. The first-order valence-corrected chi connectivity index (χ1v) is 12.4. The highest BCUT2D eigenvalue weighted by molar-refractivity contribution is 7.92. The molecule has 0 bridgehead atoms. The van der Waals surface area contributed by atoms with Crippen molar-refractivity contribution in [3.05, 3.63) is 83.7 Å². The standard InChI is InChI=1S/C25H26FN3O4S/c1-17-4-3-5-21(14-17)29-13-12-28(16-18(29)2)24-11-8-20(15-23(24)25(30)31)27-34(32,33)22-9-6-19(26)7-10-22/h3-11,14-15,18,27H,12-13,16H2,1-2H3,(H,30,31)/t18-/m0/s1. The Labute approximate surface area is 198 Å². The SMILES string of the molecule is Cc1cccc(N2CCN(c3ccc(NS(=O)(=O)c4ccc(F)cc4)cc3C(=O)O)C[C@@H]2C)c1. The van der Waals surface area contributed by atoms with E-state index in [1.54, 1.807) is 12.1 Å². The molecule has 2 N–H and O–H groups in total. The van der Waals surface area contributed by atoms with Gasteiger partial charge < -0.3 is 14.9 Å². The number of carboxylic acids is 1. The zero-order valence-electron chi connectivity index (χ0n) is 18.9. The summed E-state index contributed by atoms with van der Waals surface area (Å²) in [6.45, 7) is 6.12. The van der Waals surface area contributed by atoms with Gasteiger partial charge in [-0.1, -0.05) is 12.1 Å². The third kappa shape index (κ3) is 4.99. The van der Waals surface area contributed by atoms with Gasteiger partial charge in [0.1, 0.15) is 5.82 Å². The second-order valence-corrected chi connectivity index (χ2v) is 10.1. The van der Waals surface area contributed by atoms with E-state index >= 15 is 0 Å². The quantitative estimate of drug-likeness (QED) is 0.542. The summed E-state index contributed by atoms with van der Waals surface area (Å²) in [5, 5.41) is 9.84. The van der Waals surface area contributed by atoms with Gasteiger partial charge in [0.05, 0.1) is 16.1 Å². The molecule has 3 aromatic carbocycles. The molecule has 178 valence electrons. The molecule has 4 rings (SSSR count). The van der Waals surface area contributed by atoms with E-state index in [-0.39, 0.29) is 22.2 Å². The van der Waals surface area contributed by atoms with Crippen LogP contribution in [0.25, 0.3) is 0 Å². The zero-order chi connectivity index (χ0) is 24.5. The predicted molar refractivity (Wildman–Crippen MR) is 131 cm³/mol. The summed E-state index contributed by atoms with van der Waals surface area (Å²) in [4.78, 5) is 16.2. The van der Waals surface area contributed by atoms with Crippen LogP contribution >= 0.6 is 0 Å². The number of benzene rings is 3. The molecule has 3 aromatic rings. The smallest absolute Gasteiger partial charge is 0.337 e. The van der Waals surface area contributed by atoms with Crippen molar-refractivity contribution in [2.75, 3.05) is 34.2 Å². The number of rotatable bonds is 6. The van der Waals surface area contributed by atoms with Crippen molar-refractivity contribution < 1.29 is 22.7 Å². The number of aromatic carboxylic acids is 1. The first-order chi connectivity index (χ1) is 16.1. The number of halogens is 1. The Balaban J connectivity index is 1.55. The molecule has 1 fully saturated rings. The average Bonchev–Trinajstić information content (AvgIpc) is 2.79. The van der Waals surface area contributed by atoms with Crippen LogP contribution in [0, 0.1) is 12.7 Å². The molecule has 0 unspecified atom stereocenters. The molecule has 1 saturated heterocycles. The molecular formula is C25H26FN3O4S. The van der Waals surface area contributed by atoms with Crippen molar-refractivity contribution in [1.82, 2.24) is 0 Å². The zero-order valence-corrected chi connectivity index (χ0v) is 19.7. The Kier molecular flexibility index (Phi) is 6.47. The summed E-state index contributed by atoms with van der Waals surface area (Å²) < 4.78 is 40.8. The number of nitrogens with zero attached hydrogens (tertiary/aromatic N) is 2. The number of anilines is 3. The number of hydrogen-bond donors (Lipinski definition) is 2. The largest absolute Gasteiger partial charge is 0.478 e. The maximum Gasteiger partial charge on any atom is 0.337 e. The van der Waals surface area contributed by atoms with Crippen molar-refractivity contribution >= 4 is 33.1 Å². The molecule has 7 nitrogen and oxygen atoms in total. The van der Waals surface area contributed by atoms with Gasteiger partial charge in [0, 0.05) is 37.1 Å². The topological polar surface area (TPSA) is 90.0 Å². The lowest BCUT2D eigenvalue weighted by atomic mass is 10.1. The Bertz CT molecular complexity index is 1310. The fourth-order valence-electron chi connectivity index (χ4n) is 4.24. The molecule has 0 amide bonds. The van der Waals surface area contributed by atoms with Gasteiger partial charge in [0.25, 0.3) is 10.0 Å². The van der Waals surface area contributed by atoms with E-state index in [1.807, 2.05) is 11.0 Å². The average molecular weight is 484 g/mol. The van der Waals surface area contributed by atoms with Crippen molar-refractivity contribution in [3.8, 4) is 0 Å². The van der Waals surface area contributed by atoms with E-state index in [0.717, 1.165) is 36.5 Å². The minimum Gasteiger partial charge on any atom is -0.478 e. The summed E-state index contributed by atoms with van der Waals surface area (Å²) in [5.41, 5.74) is 2.98. The predicted octanol–water partition coefficient (Wildman–Crippen LogP) is 4.35. The van der Waals surface area contributed by atoms with Crippen LogP contribution in [-0.2, 0) is 10.0 Å². The third-order valence-electron chi connectivity index (χ3n) is 5.90. The van der Waals surface area contributed by atoms with Gasteiger partial charge in [-0.15, -0.1) is 0 Å². The maximum atomic E-state index is 13.1. The van der Waals surface area contributed by atoms with Crippen LogP contribution in [0.4, 0.5) is 21.5 Å². The summed E-state index contributed by atoms with van der Waals surface area (Å²) in [6.07, 6.45) is 0. The Hall–Kier alpha value is -3.59. The van der Waals surface area contributed by atoms with E-state index in [9.17, 15) is 22.7 Å². The lowest BCUT2D eigenvalue weighted by Crippen LogP contribution is -2.52. The number of carbonyl (C=O) groups is 1. The van der Waals surface area contributed by atoms with Gasteiger partial charge in [0.2, 0.25) is 0 Å². The van der Waals surface area contributed by atoms with E-state index in [0.29, 0.717) is 18.8 Å². The van der Waals surface area contributed by atoms with Crippen molar-refractivity contribution in [2.45, 2.75) is 24.8 Å². The highest BCUT2D eigenvalue weighted by atomic mass is 32.2. The molecule has 1 aliphatic heterocycles. The minimum atomic E-state index is -3.99. The fourth-order valence-corrected chi connectivity index (χ4v) is 5.29. The summed E-state index contributed by atoms with van der Waals surface area (Å²) in [5.74, 6) is -1.69. The van der Waals surface area contributed by atoms with E-state index < -0.39 is 21.8 Å². The van der Waals surface area contributed by atoms with E-state index in [2.05, 4.69) is 41.7 Å². The fraction of sp³-hybridized carbons (Fsp3) is 0.240. The number of sulfonamides is 1. The third-order valence-corrected chi connectivity index (χ3v) is 7.30. The Morgan fingerprint density at radius 1 is 1.06 bits per heavy atom. The maximum absolute atomic E-state index is 13.1. The monoisotopic (exact) mass is 483 g/mol. The Morgan fingerprint density at radius 3 is 2.44 bits per heavy atom. The molecule has 0 aromatic heterocycles. The van der Waals surface area contributed by atoms with Crippen LogP contribution in [0.3, 0.4) is 0 Å². The normalized spacial score (nSPS) is 16.4. The molecule has 9 heteroatoms. The van der Waals surface area contributed by atoms with Gasteiger partial charge >= 0.3 is 5.97 Å². The van der Waals surface area contributed by atoms with Gasteiger partial charge in [-0.05, 0) is 74.0 Å². The van der Waals surface area contributed by atoms with Gasteiger partial charge in [-0.25, -0.2) is 17.6 Å². The van der Waals surface area contributed by atoms with Crippen LogP contribution in [0.5, 0.6) is 0 Å². The lowest BCUT2D eigenvalue weighted by Gasteiger charge is -2.42. The van der Waals surface area contributed by atoms with Gasteiger partial charge in [-0.3, -0.25) is 4.72 Å². The van der Waals surface area contributed by atoms with E-state index in [4.69, 9.17) is 0 Å². The molecule has 1 aliphatic rings. The second kappa shape index (κ2) is 9.34. The molecule has 34 heavy (non-hydrogen) atoms. The summed E-state index contributed by atoms with van der Waals surface area (Å²) in [6, 6.07) is 17.3. The minimum absolute atomic E-state index is 0.00973. The number of carboxylic acid groups (broad SMARTS) is 1. The molecule has 0 saturated carbocycles. The highest BCUT2D eigenvalue weighted by Crippen LogP contribution is 2.30. The van der Waals surface area contributed by atoms with Crippen LogP contribution in [0.1, 0.15) is 22.8 Å². The lowest BCUT2D eigenvalue weighted by molar-refractivity contribution is 0.0697. The van der Waals surface area contributed by atoms with Crippen LogP contribution in [0.2, 0.25) is 0 Å². The first-order valence-electron chi connectivity index (χ1n) is 10.9. The molecule has 1 heterocycles. The highest BCUT2D eigenvalue weighted by Gasteiger charge is 2.27. The molecule has 0 radical (unpaired) electrons. The van der Waals surface area contributed by atoms with Gasteiger partial charge in [0.15, 0.2) is 0 Å². The first kappa shape index (κ1) is 23.6. The van der Waals surface area contributed by atoms with Crippen molar-refractivity contribution in [3.63, 3.8) is 0 Å². The van der Waals surface area contributed by atoms with Gasteiger partial charge in [-0.2, -0.15) is 0 Å². The van der Waals surface area contributed by atoms with Crippen molar-refractivity contribution in [2.24, 2.45) is 0 Å². The van der Waals surface area contributed by atoms with Crippen LogP contribution in [-0.4, -0.2) is 45.2 Å². The summed E-state index contributed by atoms with van der Waals surface area (Å²) >= 11 is 0. The number of aryl methyl sites for hydroxylation is 1.